The summed E-state index contributed by atoms with van der Waals surface area (Å²) in [6.07, 6.45) is 2.90. The van der Waals surface area contributed by atoms with Gasteiger partial charge in [-0.05, 0) is 0 Å². The van der Waals surface area contributed by atoms with Crippen LogP contribution in [0.2, 0.25) is 10.3 Å². The summed E-state index contributed by atoms with van der Waals surface area (Å²) in [7, 11) is 0. The Hall–Kier alpha value is -1.00. The van der Waals surface area contributed by atoms with Gasteiger partial charge >= 0.3 is 0 Å². The van der Waals surface area contributed by atoms with Crippen molar-refractivity contribution >= 4 is 34.4 Å². The summed E-state index contributed by atoms with van der Waals surface area (Å²) in [5, 5.41) is 0.321. The maximum absolute atomic E-state index is 5.63. The summed E-state index contributed by atoms with van der Waals surface area (Å²) in [4.78, 5) is 15.4. The zero-order chi connectivity index (χ0) is 8.55. The third kappa shape index (κ3) is 1.19. The molecule has 60 valence electrons. The molecule has 0 aromatic carbocycles. The Morgan fingerprint density at radius 3 is 2.67 bits per heavy atom. The molecule has 12 heavy (non-hydrogen) atoms. The van der Waals surface area contributed by atoms with Gasteiger partial charge in [-0.1, -0.05) is 23.2 Å². The summed E-state index contributed by atoms with van der Waals surface area (Å²) >= 11 is 11.2. The SMILES string of the molecule is Clc1nc2cncnc2nc1Cl. The summed E-state index contributed by atoms with van der Waals surface area (Å²) in [5.41, 5.74) is 0.978. The van der Waals surface area contributed by atoms with Crippen molar-refractivity contribution in [1.82, 2.24) is 19.9 Å². The van der Waals surface area contributed by atoms with Gasteiger partial charge in [0.05, 0.1) is 6.20 Å². The molecule has 2 aromatic heterocycles. The number of halogens is 2. The molecule has 0 aliphatic heterocycles. The van der Waals surface area contributed by atoms with Crippen molar-refractivity contribution < 1.29 is 0 Å². The minimum atomic E-state index is 0.155. The second kappa shape index (κ2) is 2.80. The van der Waals surface area contributed by atoms with Gasteiger partial charge in [0.1, 0.15) is 11.8 Å². The molecule has 0 aliphatic rings. The Bertz CT molecular complexity index is 390. The number of hydrogen-bond donors (Lipinski definition) is 0. The number of nitrogens with zero attached hydrogens (tertiary/aromatic N) is 4. The van der Waals surface area contributed by atoms with Crippen LogP contribution in [-0.4, -0.2) is 19.9 Å². The Labute approximate surface area is 77.6 Å². The lowest BCUT2D eigenvalue weighted by molar-refractivity contribution is 1.15. The van der Waals surface area contributed by atoms with Crippen LogP contribution in [0.25, 0.3) is 11.2 Å². The summed E-state index contributed by atoms with van der Waals surface area (Å²) in [6, 6.07) is 0. The van der Waals surface area contributed by atoms with E-state index < -0.39 is 0 Å². The van der Waals surface area contributed by atoms with Gasteiger partial charge in [0.15, 0.2) is 16.0 Å². The van der Waals surface area contributed by atoms with Gasteiger partial charge < -0.3 is 0 Å². The molecule has 0 atom stereocenters. The van der Waals surface area contributed by atoms with Gasteiger partial charge in [-0.2, -0.15) is 0 Å². The molecule has 2 heterocycles. The Morgan fingerprint density at radius 2 is 1.83 bits per heavy atom. The molecule has 0 bridgehead atoms. The van der Waals surface area contributed by atoms with Crippen LogP contribution in [0.3, 0.4) is 0 Å². The maximum Gasteiger partial charge on any atom is 0.182 e. The summed E-state index contributed by atoms with van der Waals surface area (Å²) in [6.45, 7) is 0. The predicted octanol–water partition coefficient (Wildman–Crippen LogP) is 1.73. The average Bonchev–Trinajstić information content (AvgIpc) is 2.07. The minimum Gasteiger partial charge on any atom is -0.242 e. The molecule has 0 saturated carbocycles. The fourth-order valence-corrected chi connectivity index (χ4v) is 1.03. The highest BCUT2D eigenvalue weighted by Gasteiger charge is 2.03. The van der Waals surface area contributed by atoms with Crippen molar-refractivity contribution in [3.05, 3.63) is 22.8 Å². The normalized spacial score (nSPS) is 10.5. The van der Waals surface area contributed by atoms with Gasteiger partial charge in [0.25, 0.3) is 0 Å². The van der Waals surface area contributed by atoms with Crippen molar-refractivity contribution in [3.8, 4) is 0 Å². The molecule has 0 amide bonds. The third-order valence-electron chi connectivity index (χ3n) is 1.27. The summed E-state index contributed by atoms with van der Waals surface area (Å²) < 4.78 is 0. The lowest BCUT2D eigenvalue weighted by Gasteiger charge is -1.95. The number of rotatable bonds is 0. The zero-order valence-corrected chi connectivity index (χ0v) is 7.21. The van der Waals surface area contributed by atoms with Crippen molar-refractivity contribution in [3.63, 3.8) is 0 Å². The molecule has 0 radical (unpaired) electrons. The number of hydrogen-bond acceptors (Lipinski definition) is 4. The average molecular weight is 201 g/mol. The number of fused-ring (bicyclic) bond motifs is 1. The largest absolute Gasteiger partial charge is 0.242 e. The Balaban J connectivity index is 2.84. The molecule has 0 N–H and O–H groups in total. The van der Waals surface area contributed by atoms with Crippen LogP contribution < -0.4 is 0 Å². The van der Waals surface area contributed by atoms with Crippen LogP contribution >= 0.6 is 23.2 Å². The van der Waals surface area contributed by atoms with Crippen molar-refractivity contribution in [2.45, 2.75) is 0 Å². The van der Waals surface area contributed by atoms with E-state index in [1.165, 1.54) is 12.5 Å². The molecule has 0 saturated heterocycles. The van der Waals surface area contributed by atoms with E-state index in [2.05, 4.69) is 19.9 Å². The maximum atomic E-state index is 5.63. The minimum absolute atomic E-state index is 0.155. The van der Waals surface area contributed by atoms with Crippen LogP contribution in [0.4, 0.5) is 0 Å². The van der Waals surface area contributed by atoms with E-state index in [0.29, 0.717) is 11.2 Å². The smallest absolute Gasteiger partial charge is 0.182 e. The third-order valence-corrected chi connectivity index (χ3v) is 1.89. The van der Waals surface area contributed by atoms with E-state index in [0.717, 1.165) is 0 Å². The lowest BCUT2D eigenvalue weighted by atomic mass is 10.5. The second-order valence-corrected chi connectivity index (χ2v) is 2.75. The molecular weight excluding hydrogens is 199 g/mol. The van der Waals surface area contributed by atoms with Crippen LogP contribution in [-0.2, 0) is 0 Å². The topological polar surface area (TPSA) is 51.6 Å². The van der Waals surface area contributed by atoms with Gasteiger partial charge in [-0.25, -0.2) is 19.9 Å². The quantitative estimate of drug-likeness (QED) is 0.651. The molecule has 0 fully saturated rings. The monoisotopic (exact) mass is 200 g/mol. The van der Waals surface area contributed by atoms with Gasteiger partial charge in [-0.15, -0.1) is 0 Å². The first-order valence-electron chi connectivity index (χ1n) is 3.06. The van der Waals surface area contributed by atoms with E-state index in [-0.39, 0.29) is 10.3 Å². The zero-order valence-electron chi connectivity index (χ0n) is 5.70. The predicted molar refractivity (Wildman–Crippen MR) is 45.1 cm³/mol. The first-order chi connectivity index (χ1) is 5.77. The Morgan fingerprint density at radius 1 is 1.08 bits per heavy atom. The Kier molecular flexibility index (Phi) is 1.78. The molecule has 6 heteroatoms. The van der Waals surface area contributed by atoms with E-state index in [1.807, 2.05) is 0 Å². The molecule has 2 rings (SSSR count). The molecule has 0 unspecified atom stereocenters. The highest BCUT2D eigenvalue weighted by molar-refractivity contribution is 6.40. The van der Waals surface area contributed by atoms with Crippen molar-refractivity contribution in [1.29, 1.82) is 0 Å². The fraction of sp³-hybridized carbons (Fsp3) is 0. The lowest BCUT2D eigenvalue weighted by Crippen LogP contribution is -1.90. The van der Waals surface area contributed by atoms with Crippen LogP contribution in [0.1, 0.15) is 0 Å². The van der Waals surface area contributed by atoms with Gasteiger partial charge in [-0.3, -0.25) is 0 Å². The fourth-order valence-electron chi connectivity index (χ4n) is 0.772. The highest BCUT2D eigenvalue weighted by atomic mass is 35.5. The molecule has 4 nitrogen and oxygen atoms in total. The summed E-state index contributed by atoms with van der Waals surface area (Å²) in [5.74, 6) is 0. The van der Waals surface area contributed by atoms with E-state index in [9.17, 15) is 0 Å². The highest BCUT2D eigenvalue weighted by Crippen LogP contribution is 2.18. The van der Waals surface area contributed by atoms with Gasteiger partial charge in [0, 0.05) is 0 Å². The van der Waals surface area contributed by atoms with E-state index in [4.69, 9.17) is 23.2 Å². The van der Waals surface area contributed by atoms with Crippen LogP contribution in [0.5, 0.6) is 0 Å². The molecule has 2 aromatic rings. The van der Waals surface area contributed by atoms with Crippen molar-refractivity contribution in [2.24, 2.45) is 0 Å². The molecule has 0 aliphatic carbocycles. The van der Waals surface area contributed by atoms with Crippen LogP contribution in [0.15, 0.2) is 12.5 Å². The van der Waals surface area contributed by atoms with Gasteiger partial charge in [0.2, 0.25) is 0 Å². The second-order valence-electron chi connectivity index (χ2n) is 2.04. The first-order valence-corrected chi connectivity index (χ1v) is 3.82. The molecular formula is C6H2Cl2N4. The van der Waals surface area contributed by atoms with Crippen LogP contribution in [0, 0.1) is 0 Å². The first kappa shape index (κ1) is 7.64. The van der Waals surface area contributed by atoms with E-state index in [1.54, 1.807) is 0 Å². The van der Waals surface area contributed by atoms with E-state index >= 15 is 0 Å². The molecule has 0 spiro atoms. The van der Waals surface area contributed by atoms with Crippen molar-refractivity contribution in [2.75, 3.05) is 0 Å². The standard InChI is InChI=1S/C6H2Cl2N4/c7-4-5(8)12-6-3(11-4)1-9-2-10-6/h1-2H. The number of aromatic nitrogens is 4.